The number of amides is 1. The molecule has 27 heavy (non-hydrogen) atoms. The Morgan fingerprint density at radius 3 is 3.07 bits per heavy atom. The van der Waals surface area contributed by atoms with E-state index in [1.54, 1.807) is 19.3 Å². The van der Waals surface area contributed by atoms with Gasteiger partial charge < -0.3 is 10.2 Å². The summed E-state index contributed by atoms with van der Waals surface area (Å²) in [5.74, 6) is 0.342. The van der Waals surface area contributed by atoms with Crippen molar-refractivity contribution in [2.45, 2.75) is 12.8 Å². The van der Waals surface area contributed by atoms with Gasteiger partial charge in [-0.05, 0) is 18.4 Å². The first-order valence-corrected chi connectivity index (χ1v) is 9.07. The number of H-pyrrole nitrogens is 1. The molecule has 8 heteroatoms. The predicted molar refractivity (Wildman–Crippen MR) is 103 cm³/mol. The van der Waals surface area contributed by atoms with Gasteiger partial charge in [0, 0.05) is 38.1 Å². The largest absolute Gasteiger partial charge is 0.370 e. The van der Waals surface area contributed by atoms with Gasteiger partial charge in [-0.2, -0.15) is 10.2 Å². The minimum atomic E-state index is -0.115. The number of aryl methyl sites for hydroxylation is 1. The van der Waals surface area contributed by atoms with E-state index in [0.29, 0.717) is 12.5 Å². The second kappa shape index (κ2) is 7.22. The fraction of sp³-hybridized carbons (Fsp3) is 0.368. The van der Waals surface area contributed by atoms with Crippen molar-refractivity contribution in [2.24, 2.45) is 13.0 Å². The number of carbonyl (C=O) groups excluding carboxylic acids is 1. The van der Waals surface area contributed by atoms with Gasteiger partial charge >= 0.3 is 0 Å². The van der Waals surface area contributed by atoms with Crippen molar-refractivity contribution in [3.8, 4) is 0 Å². The van der Waals surface area contributed by atoms with Crippen molar-refractivity contribution in [3.05, 3.63) is 52.6 Å². The van der Waals surface area contributed by atoms with E-state index in [1.165, 1.54) is 4.68 Å². The number of nitrogens with zero attached hydrogens (tertiary/aromatic N) is 4. The molecule has 1 aliphatic heterocycles. The SMILES string of the molecule is Cn1ncc(N2CCC(CNC(=O)Cc3[nH]nc4ccccc34)C2)cc1=O. The average Bonchev–Trinajstić information content (AvgIpc) is 3.30. The highest BCUT2D eigenvalue weighted by molar-refractivity contribution is 5.87. The Hall–Kier alpha value is -3.16. The van der Waals surface area contributed by atoms with Gasteiger partial charge in [0.2, 0.25) is 5.91 Å². The molecule has 0 saturated carbocycles. The molecule has 8 nitrogen and oxygen atoms in total. The zero-order chi connectivity index (χ0) is 18.8. The lowest BCUT2D eigenvalue weighted by Crippen LogP contribution is -2.32. The third-order valence-electron chi connectivity index (χ3n) is 5.07. The lowest BCUT2D eigenvalue weighted by atomic mass is 10.1. The summed E-state index contributed by atoms with van der Waals surface area (Å²) in [4.78, 5) is 26.2. The number of fused-ring (bicyclic) bond motifs is 1. The molecule has 0 spiro atoms. The van der Waals surface area contributed by atoms with Crippen LogP contribution < -0.4 is 15.8 Å². The van der Waals surface area contributed by atoms with Gasteiger partial charge in [0.25, 0.3) is 5.56 Å². The highest BCUT2D eigenvalue weighted by Gasteiger charge is 2.24. The molecular weight excluding hydrogens is 344 g/mol. The van der Waals surface area contributed by atoms with Crippen molar-refractivity contribution < 1.29 is 4.79 Å². The molecule has 2 aromatic heterocycles. The Bertz CT molecular complexity index is 1020. The molecule has 1 amide bonds. The molecule has 1 atom stereocenters. The van der Waals surface area contributed by atoms with E-state index in [2.05, 4.69) is 25.5 Å². The number of aromatic nitrogens is 4. The quantitative estimate of drug-likeness (QED) is 0.698. The highest BCUT2D eigenvalue weighted by Crippen LogP contribution is 2.21. The molecule has 0 bridgehead atoms. The molecule has 4 rings (SSSR count). The van der Waals surface area contributed by atoms with Crippen LogP contribution in [-0.2, 0) is 18.3 Å². The minimum absolute atomic E-state index is 0.0156. The Kier molecular flexibility index (Phi) is 4.62. The van der Waals surface area contributed by atoms with Gasteiger partial charge in [-0.25, -0.2) is 4.68 Å². The van der Waals surface area contributed by atoms with Crippen LogP contribution in [0.15, 0.2) is 41.3 Å². The standard InChI is InChI=1S/C19H22N6O2/c1-24-19(27)8-14(11-21-24)25-7-6-13(12-25)10-20-18(26)9-17-15-4-2-3-5-16(15)22-23-17/h2-5,8,11,13H,6-7,9-10,12H2,1H3,(H,20,26)(H,22,23). The third-order valence-corrected chi connectivity index (χ3v) is 5.07. The number of para-hydroxylation sites is 1. The van der Waals surface area contributed by atoms with Crippen LogP contribution in [0, 0.1) is 5.92 Å². The molecule has 1 fully saturated rings. The molecule has 2 N–H and O–H groups in total. The number of anilines is 1. The van der Waals surface area contributed by atoms with Crippen LogP contribution in [0.25, 0.3) is 10.9 Å². The summed E-state index contributed by atoms with van der Waals surface area (Å²) in [6.07, 6.45) is 2.98. The van der Waals surface area contributed by atoms with Gasteiger partial charge in [0.15, 0.2) is 0 Å². The normalized spacial score (nSPS) is 16.8. The van der Waals surface area contributed by atoms with E-state index in [4.69, 9.17) is 0 Å². The topological polar surface area (TPSA) is 95.9 Å². The maximum Gasteiger partial charge on any atom is 0.268 e. The molecule has 140 valence electrons. The zero-order valence-electron chi connectivity index (χ0n) is 15.2. The van der Waals surface area contributed by atoms with Crippen molar-refractivity contribution in [3.63, 3.8) is 0 Å². The number of nitrogens with one attached hydrogen (secondary N) is 2. The molecule has 1 aliphatic rings. The molecule has 3 aromatic rings. The predicted octanol–water partition coefficient (Wildman–Crippen LogP) is 0.842. The molecule has 0 aliphatic carbocycles. The van der Waals surface area contributed by atoms with Crippen molar-refractivity contribution in [2.75, 3.05) is 24.5 Å². The molecule has 1 saturated heterocycles. The number of hydrogen-bond acceptors (Lipinski definition) is 5. The highest BCUT2D eigenvalue weighted by atomic mass is 16.1. The van der Waals surface area contributed by atoms with Crippen molar-refractivity contribution in [1.29, 1.82) is 0 Å². The van der Waals surface area contributed by atoms with Gasteiger partial charge in [-0.15, -0.1) is 0 Å². The molecule has 1 aromatic carbocycles. The lowest BCUT2D eigenvalue weighted by molar-refractivity contribution is -0.120. The van der Waals surface area contributed by atoms with Crippen molar-refractivity contribution >= 4 is 22.5 Å². The average molecular weight is 366 g/mol. The summed E-state index contributed by atoms with van der Waals surface area (Å²) in [6, 6.07) is 9.37. The smallest absolute Gasteiger partial charge is 0.268 e. The number of rotatable bonds is 5. The summed E-state index contributed by atoms with van der Waals surface area (Å²) in [5.41, 5.74) is 2.43. The Morgan fingerprint density at radius 2 is 2.22 bits per heavy atom. The first-order valence-electron chi connectivity index (χ1n) is 9.07. The summed E-state index contributed by atoms with van der Waals surface area (Å²) >= 11 is 0. The van der Waals surface area contributed by atoms with Gasteiger partial charge in [0.1, 0.15) is 0 Å². The first-order chi connectivity index (χ1) is 13.1. The number of hydrogen-bond donors (Lipinski definition) is 2. The van der Waals surface area contributed by atoms with E-state index in [0.717, 1.165) is 41.8 Å². The van der Waals surface area contributed by atoms with Crippen molar-refractivity contribution in [1.82, 2.24) is 25.3 Å². The molecule has 0 radical (unpaired) electrons. The van der Waals surface area contributed by atoms with E-state index in [1.807, 2.05) is 24.3 Å². The second-order valence-corrected chi connectivity index (χ2v) is 6.98. The monoisotopic (exact) mass is 366 g/mol. The van der Waals surface area contributed by atoms with Crippen LogP contribution in [0.2, 0.25) is 0 Å². The van der Waals surface area contributed by atoms with Gasteiger partial charge in [-0.1, -0.05) is 18.2 Å². The molecule has 3 heterocycles. The zero-order valence-corrected chi connectivity index (χ0v) is 15.2. The van der Waals surface area contributed by atoms with Gasteiger partial charge in [-0.3, -0.25) is 14.7 Å². The van der Waals surface area contributed by atoms with Crippen LogP contribution in [-0.4, -0.2) is 45.5 Å². The van der Waals surface area contributed by atoms with Crippen LogP contribution in [0.3, 0.4) is 0 Å². The Morgan fingerprint density at radius 1 is 1.37 bits per heavy atom. The lowest BCUT2D eigenvalue weighted by Gasteiger charge is -2.18. The second-order valence-electron chi connectivity index (χ2n) is 6.98. The summed E-state index contributed by atoms with van der Waals surface area (Å²) in [5, 5.41) is 15.3. The molecule has 1 unspecified atom stereocenters. The summed E-state index contributed by atoms with van der Waals surface area (Å²) in [6.45, 7) is 2.29. The van der Waals surface area contributed by atoms with E-state index < -0.39 is 0 Å². The van der Waals surface area contributed by atoms with Crippen LogP contribution in [0.4, 0.5) is 5.69 Å². The van der Waals surface area contributed by atoms with E-state index in [-0.39, 0.29) is 17.9 Å². The summed E-state index contributed by atoms with van der Waals surface area (Å²) < 4.78 is 1.32. The Labute approximate surface area is 156 Å². The van der Waals surface area contributed by atoms with Gasteiger partial charge in [0.05, 0.1) is 29.5 Å². The van der Waals surface area contributed by atoms with E-state index in [9.17, 15) is 9.59 Å². The summed E-state index contributed by atoms with van der Waals surface area (Å²) in [7, 11) is 1.64. The number of carbonyl (C=O) groups is 1. The number of aromatic amines is 1. The maximum absolute atomic E-state index is 12.3. The molecular formula is C19H22N6O2. The number of benzene rings is 1. The third kappa shape index (κ3) is 3.69. The maximum atomic E-state index is 12.3. The van der Waals surface area contributed by atoms with E-state index >= 15 is 0 Å². The van der Waals surface area contributed by atoms with Crippen LogP contribution in [0.1, 0.15) is 12.1 Å². The van der Waals surface area contributed by atoms with Crippen LogP contribution in [0.5, 0.6) is 0 Å². The fourth-order valence-electron chi connectivity index (χ4n) is 3.50. The fourth-order valence-corrected chi connectivity index (χ4v) is 3.50. The Balaban J connectivity index is 1.31. The van der Waals surface area contributed by atoms with Crippen LogP contribution >= 0.6 is 0 Å². The minimum Gasteiger partial charge on any atom is -0.370 e. The first kappa shape index (κ1) is 17.3.